The molecule has 4 heteroatoms. The van der Waals surface area contributed by atoms with Crippen LogP contribution in [0.4, 0.5) is 5.82 Å². The van der Waals surface area contributed by atoms with E-state index in [9.17, 15) is 0 Å². The maximum absolute atomic E-state index is 6.06. The second kappa shape index (κ2) is 5.76. The zero-order valence-electron chi connectivity index (χ0n) is 10.8. The van der Waals surface area contributed by atoms with Gasteiger partial charge < -0.3 is 10.6 Å². The number of hydrogen-bond acceptors (Lipinski definition) is 3. The molecule has 2 aromatic rings. The summed E-state index contributed by atoms with van der Waals surface area (Å²) in [5.41, 5.74) is 0. The Labute approximate surface area is 118 Å². The smallest absolute Gasteiger partial charge is 0.133 e. The Balaban J connectivity index is 1.71. The van der Waals surface area contributed by atoms with Gasteiger partial charge in [0.15, 0.2) is 0 Å². The monoisotopic (exact) mass is 275 g/mol. The number of benzene rings is 1. The van der Waals surface area contributed by atoms with Crippen LogP contribution in [0.15, 0.2) is 30.5 Å². The SMILES string of the molecule is Clc1ccc2ccnc(NCCC3CCNC3)c2c1. The van der Waals surface area contributed by atoms with Crippen LogP contribution in [0.1, 0.15) is 12.8 Å². The maximum atomic E-state index is 6.06. The molecule has 1 atom stereocenters. The summed E-state index contributed by atoms with van der Waals surface area (Å²) in [6.45, 7) is 3.27. The molecule has 0 radical (unpaired) electrons. The molecule has 1 aliphatic rings. The molecule has 2 N–H and O–H groups in total. The number of halogens is 1. The van der Waals surface area contributed by atoms with E-state index in [-0.39, 0.29) is 0 Å². The molecule has 2 heterocycles. The first kappa shape index (κ1) is 12.7. The molecule has 0 bridgehead atoms. The van der Waals surface area contributed by atoms with Crippen molar-refractivity contribution in [3.05, 3.63) is 35.5 Å². The molecule has 0 spiro atoms. The Morgan fingerprint density at radius 2 is 2.32 bits per heavy atom. The zero-order chi connectivity index (χ0) is 13.1. The highest BCUT2D eigenvalue weighted by molar-refractivity contribution is 6.31. The number of rotatable bonds is 4. The number of aromatic nitrogens is 1. The lowest BCUT2D eigenvalue weighted by Gasteiger charge is -2.11. The molecule has 100 valence electrons. The normalized spacial score (nSPS) is 18.9. The number of nitrogens with zero attached hydrogens (tertiary/aromatic N) is 1. The second-order valence-corrected chi connectivity index (χ2v) is 5.54. The quantitative estimate of drug-likeness (QED) is 0.899. The first-order chi connectivity index (χ1) is 9.33. The van der Waals surface area contributed by atoms with E-state index in [1.807, 2.05) is 30.5 Å². The van der Waals surface area contributed by atoms with Crippen LogP contribution in [-0.2, 0) is 0 Å². The largest absolute Gasteiger partial charge is 0.370 e. The van der Waals surface area contributed by atoms with Gasteiger partial charge in [-0.1, -0.05) is 17.7 Å². The molecule has 1 unspecified atom stereocenters. The first-order valence-corrected chi connectivity index (χ1v) is 7.19. The Hall–Kier alpha value is -1.32. The van der Waals surface area contributed by atoms with Gasteiger partial charge in [0.1, 0.15) is 5.82 Å². The van der Waals surface area contributed by atoms with E-state index in [1.165, 1.54) is 18.2 Å². The van der Waals surface area contributed by atoms with Crippen LogP contribution in [0.25, 0.3) is 10.8 Å². The third-order valence-electron chi connectivity index (χ3n) is 3.74. The van der Waals surface area contributed by atoms with E-state index >= 15 is 0 Å². The van der Waals surface area contributed by atoms with Crippen molar-refractivity contribution in [2.75, 3.05) is 25.0 Å². The van der Waals surface area contributed by atoms with Gasteiger partial charge in [-0.3, -0.25) is 0 Å². The van der Waals surface area contributed by atoms with Gasteiger partial charge in [0.05, 0.1) is 0 Å². The zero-order valence-corrected chi connectivity index (χ0v) is 11.6. The minimum Gasteiger partial charge on any atom is -0.370 e. The van der Waals surface area contributed by atoms with E-state index in [1.54, 1.807) is 0 Å². The third-order valence-corrected chi connectivity index (χ3v) is 3.97. The Kier molecular flexibility index (Phi) is 3.85. The molecular formula is C15H18ClN3. The van der Waals surface area contributed by atoms with Crippen molar-refractivity contribution in [3.63, 3.8) is 0 Å². The molecule has 1 aliphatic heterocycles. The van der Waals surface area contributed by atoms with Crippen molar-refractivity contribution < 1.29 is 0 Å². The predicted octanol–water partition coefficient (Wildman–Crippen LogP) is 3.30. The molecule has 0 amide bonds. The highest BCUT2D eigenvalue weighted by atomic mass is 35.5. The molecule has 1 saturated heterocycles. The average molecular weight is 276 g/mol. The van der Waals surface area contributed by atoms with E-state index in [0.29, 0.717) is 0 Å². The lowest BCUT2D eigenvalue weighted by molar-refractivity contribution is 0.549. The fraction of sp³-hybridized carbons (Fsp3) is 0.400. The summed E-state index contributed by atoms with van der Waals surface area (Å²) >= 11 is 6.06. The van der Waals surface area contributed by atoms with Crippen LogP contribution in [0.3, 0.4) is 0 Å². The lowest BCUT2D eigenvalue weighted by atomic mass is 10.1. The Morgan fingerprint density at radius 3 is 3.16 bits per heavy atom. The third kappa shape index (κ3) is 2.99. The van der Waals surface area contributed by atoms with Gasteiger partial charge in [0.2, 0.25) is 0 Å². The van der Waals surface area contributed by atoms with Crippen molar-refractivity contribution >= 4 is 28.2 Å². The summed E-state index contributed by atoms with van der Waals surface area (Å²) in [4.78, 5) is 4.43. The van der Waals surface area contributed by atoms with Gasteiger partial charge >= 0.3 is 0 Å². The van der Waals surface area contributed by atoms with Crippen LogP contribution in [0.2, 0.25) is 5.02 Å². The van der Waals surface area contributed by atoms with Crippen molar-refractivity contribution in [2.24, 2.45) is 5.92 Å². The van der Waals surface area contributed by atoms with Crippen LogP contribution < -0.4 is 10.6 Å². The topological polar surface area (TPSA) is 37.0 Å². The van der Waals surface area contributed by atoms with E-state index in [4.69, 9.17) is 11.6 Å². The van der Waals surface area contributed by atoms with Gasteiger partial charge in [-0.25, -0.2) is 4.98 Å². The van der Waals surface area contributed by atoms with Gasteiger partial charge in [-0.2, -0.15) is 0 Å². The second-order valence-electron chi connectivity index (χ2n) is 5.10. The fourth-order valence-electron chi connectivity index (χ4n) is 2.64. The van der Waals surface area contributed by atoms with Crippen LogP contribution in [0, 0.1) is 5.92 Å². The Bertz CT molecular complexity index is 564. The molecule has 0 saturated carbocycles. The van der Waals surface area contributed by atoms with Crippen LogP contribution in [-0.4, -0.2) is 24.6 Å². The van der Waals surface area contributed by atoms with Gasteiger partial charge in [0.25, 0.3) is 0 Å². The number of pyridine rings is 1. The van der Waals surface area contributed by atoms with Crippen molar-refractivity contribution in [1.82, 2.24) is 10.3 Å². The maximum Gasteiger partial charge on any atom is 0.133 e. The summed E-state index contributed by atoms with van der Waals surface area (Å²) < 4.78 is 0. The highest BCUT2D eigenvalue weighted by Crippen LogP contribution is 2.24. The van der Waals surface area contributed by atoms with E-state index in [0.717, 1.165) is 41.8 Å². The predicted molar refractivity (Wildman–Crippen MR) is 80.8 cm³/mol. The summed E-state index contributed by atoms with van der Waals surface area (Å²) in [7, 11) is 0. The Morgan fingerprint density at radius 1 is 1.37 bits per heavy atom. The lowest BCUT2D eigenvalue weighted by Crippen LogP contribution is -2.13. The molecule has 0 aliphatic carbocycles. The summed E-state index contributed by atoms with van der Waals surface area (Å²) in [5, 5.41) is 9.86. The van der Waals surface area contributed by atoms with E-state index < -0.39 is 0 Å². The number of nitrogens with one attached hydrogen (secondary N) is 2. The number of hydrogen-bond donors (Lipinski definition) is 2. The van der Waals surface area contributed by atoms with Crippen LogP contribution >= 0.6 is 11.6 Å². The standard InChI is InChI=1S/C15H18ClN3/c16-13-2-1-12-5-8-19-15(14(12)9-13)18-7-4-11-3-6-17-10-11/h1-2,5,8-9,11,17H,3-4,6-7,10H2,(H,18,19). The van der Waals surface area contributed by atoms with Gasteiger partial charge in [-0.05, 0) is 55.4 Å². The number of fused-ring (bicyclic) bond motifs is 1. The minimum absolute atomic E-state index is 0.753. The summed E-state index contributed by atoms with van der Waals surface area (Å²) in [6.07, 6.45) is 4.32. The number of anilines is 1. The summed E-state index contributed by atoms with van der Waals surface area (Å²) in [5.74, 6) is 1.73. The van der Waals surface area contributed by atoms with Crippen molar-refractivity contribution in [1.29, 1.82) is 0 Å². The summed E-state index contributed by atoms with van der Waals surface area (Å²) in [6, 6.07) is 7.93. The highest BCUT2D eigenvalue weighted by Gasteiger charge is 2.13. The molecule has 1 fully saturated rings. The molecular weight excluding hydrogens is 258 g/mol. The minimum atomic E-state index is 0.753. The van der Waals surface area contributed by atoms with Gasteiger partial charge in [0, 0.05) is 23.2 Å². The molecule has 1 aromatic carbocycles. The first-order valence-electron chi connectivity index (χ1n) is 6.82. The van der Waals surface area contributed by atoms with Crippen LogP contribution in [0.5, 0.6) is 0 Å². The average Bonchev–Trinajstić information content (AvgIpc) is 2.92. The molecule has 3 rings (SSSR count). The molecule has 1 aromatic heterocycles. The molecule has 19 heavy (non-hydrogen) atoms. The molecule has 3 nitrogen and oxygen atoms in total. The van der Waals surface area contributed by atoms with Crippen molar-refractivity contribution in [2.45, 2.75) is 12.8 Å². The van der Waals surface area contributed by atoms with Gasteiger partial charge in [-0.15, -0.1) is 0 Å². The fourth-order valence-corrected chi connectivity index (χ4v) is 2.81. The van der Waals surface area contributed by atoms with Crippen molar-refractivity contribution in [3.8, 4) is 0 Å². The van der Waals surface area contributed by atoms with E-state index in [2.05, 4.69) is 15.6 Å².